The van der Waals surface area contributed by atoms with Crippen molar-refractivity contribution in [2.45, 2.75) is 18.4 Å². The number of carboxylic acid groups (broad SMARTS) is 1. The van der Waals surface area contributed by atoms with E-state index in [0.717, 1.165) is 34.0 Å². The van der Waals surface area contributed by atoms with Crippen molar-refractivity contribution in [2.75, 3.05) is 12.4 Å². The molecule has 2 N–H and O–H groups in total. The van der Waals surface area contributed by atoms with Gasteiger partial charge in [0.15, 0.2) is 0 Å². The number of ether oxygens (including phenoxy) is 1. The van der Waals surface area contributed by atoms with Gasteiger partial charge in [0.2, 0.25) is 0 Å². The molecule has 0 bridgehead atoms. The highest BCUT2D eigenvalue weighted by molar-refractivity contribution is 6.32. The van der Waals surface area contributed by atoms with Crippen molar-refractivity contribution in [1.29, 1.82) is 0 Å². The van der Waals surface area contributed by atoms with Crippen LogP contribution in [-0.2, 0) is 0 Å². The average Bonchev–Trinajstić information content (AvgIpc) is 3.11. The van der Waals surface area contributed by atoms with Gasteiger partial charge in [0, 0.05) is 16.5 Å². The van der Waals surface area contributed by atoms with Gasteiger partial charge in [0.1, 0.15) is 5.75 Å². The van der Waals surface area contributed by atoms with Gasteiger partial charge in [-0.3, -0.25) is 0 Å². The number of hydrogen-bond acceptors (Lipinski definition) is 3. The smallest absolute Gasteiger partial charge is 0.335 e. The summed E-state index contributed by atoms with van der Waals surface area (Å²) < 4.78 is 5.53. The van der Waals surface area contributed by atoms with Crippen molar-refractivity contribution >= 4 is 23.3 Å². The van der Waals surface area contributed by atoms with E-state index in [1.807, 2.05) is 24.3 Å². The number of methoxy groups -OCH3 is 1. The summed E-state index contributed by atoms with van der Waals surface area (Å²) in [6.45, 7) is 0. The van der Waals surface area contributed by atoms with Crippen molar-refractivity contribution in [3.63, 3.8) is 0 Å². The number of hydrogen-bond donors (Lipinski definition) is 2. The molecule has 1 aliphatic carbocycles. The molecule has 0 unspecified atom stereocenters. The fourth-order valence-electron chi connectivity index (χ4n) is 3.97. The highest BCUT2D eigenvalue weighted by atomic mass is 35.5. The van der Waals surface area contributed by atoms with Gasteiger partial charge < -0.3 is 15.2 Å². The van der Waals surface area contributed by atoms with Crippen LogP contribution in [0.1, 0.15) is 39.9 Å². The molecule has 1 aliphatic heterocycles. The Morgan fingerprint density at radius 2 is 2.00 bits per heavy atom. The third-order valence-electron chi connectivity index (χ3n) is 5.17. The Hall–Kier alpha value is -2.46. The minimum atomic E-state index is -0.914. The van der Waals surface area contributed by atoms with E-state index >= 15 is 0 Å². The Morgan fingerprint density at radius 1 is 1.24 bits per heavy atom. The molecule has 1 heterocycles. The fraction of sp³-hybridized carbons (Fsp3) is 0.250. The number of nitrogens with one attached hydrogen (secondary N) is 1. The molecule has 0 fully saturated rings. The Bertz CT molecular complexity index is 860. The molecule has 4 rings (SSSR count). The molecule has 3 atom stereocenters. The van der Waals surface area contributed by atoms with Crippen molar-refractivity contribution in [3.8, 4) is 5.75 Å². The summed E-state index contributed by atoms with van der Waals surface area (Å²) in [6, 6.07) is 10.9. The molecular formula is C20H18ClNO3. The first kappa shape index (κ1) is 16.0. The number of carbonyl (C=O) groups is 1. The summed E-state index contributed by atoms with van der Waals surface area (Å²) in [5.74, 6) is 0.420. The Balaban J connectivity index is 1.79. The molecular weight excluding hydrogens is 338 g/mol. The van der Waals surface area contributed by atoms with E-state index in [-0.39, 0.29) is 12.0 Å². The highest BCUT2D eigenvalue weighted by Crippen LogP contribution is 2.54. The van der Waals surface area contributed by atoms with E-state index in [0.29, 0.717) is 11.5 Å². The van der Waals surface area contributed by atoms with Gasteiger partial charge in [-0.25, -0.2) is 4.79 Å². The van der Waals surface area contributed by atoms with Crippen molar-refractivity contribution in [3.05, 3.63) is 70.3 Å². The van der Waals surface area contributed by atoms with Crippen LogP contribution >= 0.6 is 11.6 Å². The van der Waals surface area contributed by atoms with E-state index in [1.165, 1.54) is 0 Å². The maximum Gasteiger partial charge on any atom is 0.335 e. The average molecular weight is 356 g/mol. The number of aromatic carboxylic acids is 1. The summed E-state index contributed by atoms with van der Waals surface area (Å²) >= 11 is 6.49. The lowest BCUT2D eigenvalue weighted by molar-refractivity contribution is 0.0697. The Morgan fingerprint density at radius 3 is 2.68 bits per heavy atom. The van der Waals surface area contributed by atoms with Crippen LogP contribution in [0, 0.1) is 5.92 Å². The van der Waals surface area contributed by atoms with E-state index in [2.05, 4.69) is 17.5 Å². The van der Waals surface area contributed by atoms with Crippen molar-refractivity contribution < 1.29 is 14.6 Å². The molecule has 2 aromatic rings. The van der Waals surface area contributed by atoms with Gasteiger partial charge in [0.05, 0.1) is 24.4 Å². The topological polar surface area (TPSA) is 58.6 Å². The SMILES string of the molecule is COc1ccc(Cl)c2c1N[C@@H](c1ccc(C(=O)O)cc1)[C@H]1CC=C[C@H]21. The van der Waals surface area contributed by atoms with Gasteiger partial charge in [-0.1, -0.05) is 35.9 Å². The number of rotatable bonds is 3. The number of halogens is 1. The van der Waals surface area contributed by atoms with Gasteiger partial charge >= 0.3 is 5.97 Å². The quantitative estimate of drug-likeness (QED) is 0.771. The first-order valence-corrected chi connectivity index (χ1v) is 8.60. The second kappa shape index (κ2) is 6.12. The third-order valence-corrected chi connectivity index (χ3v) is 5.49. The van der Waals surface area contributed by atoms with Crippen LogP contribution < -0.4 is 10.1 Å². The standard InChI is InChI=1S/C20H18ClNO3/c1-25-16-10-9-15(21)17-13-3-2-4-14(13)18(22-19(16)17)11-5-7-12(8-6-11)20(23)24/h2-3,5-10,13-14,18,22H,4H2,1H3,(H,23,24)/t13-,14-,18-/m0/s1. The second-order valence-corrected chi connectivity index (χ2v) is 6.85. The number of benzene rings is 2. The molecule has 0 radical (unpaired) electrons. The van der Waals surface area contributed by atoms with E-state index in [4.69, 9.17) is 21.4 Å². The Labute approximate surface area is 151 Å². The maximum atomic E-state index is 11.1. The van der Waals surface area contributed by atoms with Crippen LogP contribution in [0.2, 0.25) is 5.02 Å². The minimum Gasteiger partial charge on any atom is -0.495 e. The van der Waals surface area contributed by atoms with Crippen LogP contribution in [-0.4, -0.2) is 18.2 Å². The molecule has 4 nitrogen and oxygen atoms in total. The molecule has 0 saturated heterocycles. The fourth-order valence-corrected chi connectivity index (χ4v) is 4.25. The lowest BCUT2D eigenvalue weighted by Gasteiger charge is -2.38. The minimum absolute atomic E-state index is 0.0720. The molecule has 5 heteroatoms. The monoisotopic (exact) mass is 355 g/mol. The third kappa shape index (κ3) is 2.57. The summed E-state index contributed by atoms with van der Waals surface area (Å²) in [4.78, 5) is 11.1. The molecule has 128 valence electrons. The lowest BCUT2D eigenvalue weighted by Crippen LogP contribution is -2.29. The van der Waals surface area contributed by atoms with Gasteiger partial charge in [-0.2, -0.15) is 0 Å². The van der Waals surface area contributed by atoms with Crippen LogP contribution in [0.5, 0.6) is 5.75 Å². The van der Waals surface area contributed by atoms with Crippen molar-refractivity contribution in [2.24, 2.45) is 5.92 Å². The molecule has 2 aliphatic rings. The van der Waals surface area contributed by atoms with E-state index in [9.17, 15) is 4.79 Å². The Kier molecular flexibility index (Phi) is 3.92. The van der Waals surface area contributed by atoms with Crippen LogP contribution in [0.25, 0.3) is 0 Å². The maximum absolute atomic E-state index is 11.1. The van der Waals surface area contributed by atoms with Crippen molar-refractivity contribution in [1.82, 2.24) is 0 Å². The predicted octanol–water partition coefficient (Wildman–Crippen LogP) is 4.87. The summed E-state index contributed by atoms with van der Waals surface area (Å²) in [6.07, 6.45) is 5.37. The predicted molar refractivity (Wildman–Crippen MR) is 97.8 cm³/mol. The molecule has 0 amide bonds. The lowest BCUT2D eigenvalue weighted by atomic mass is 9.76. The number of carboxylic acids is 1. The largest absolute Gasteiger partial charge is 0.495 e. The zero-order valence-corrected chi connectivity index (χ0v) is 14.5. The first-order valence-electron chi connectivity index (χ1n) is 8.23. The zero-order valence-electron chi connectivity index (χ0n) is 13.7. The highest BCUT2D eigenvalue weighted by Gasteiger charge is 2.40. The van der Waals surface area contributed by atoms with Crippen LogP contribution in [0.4, 0.5) is 5.69 Å². The van der Waals surface area contributed by atoms with Gasteiger partial charge in [-0.05, 0) is 42.2 Å². The molecule has 0 aromatic heterocycles. The van der Waals surface area contributed by atoms with Gasteiger partial charge in [0.25, 0.3) is 0 Å². The normalized spacial score (nSPS) is 23.5. The second-order valence-electron chi connectivity index (χ2n) is 6.44. The summed E-state index contributed by atoms with van der Waals surface area (Å²) in [5.41, 5.74) is 3.37. The summed E-state index contributed by atoms with van der Waals surface area (Å²) in [5, 5.41) is 13.4. The van der Waals surface area contributed by atoms with E-state index < -0.39 is 5.97 Å². The molecule has 0 saturated carbocycles. The number of fused-ring (bicyclic) bond motifs is 3. The first-order chi connectivity index (χ1) is 12.1. The molecule has 0 spiro atoms. The number of allylic oxidation sites excluding steroid dienone is 2. The van der Waals surface area contributed by atoms with Gasteiger partial charge in [-0.15, -0.1) is 0 Å². The molecule has 2 aromatic carbocycles. The van der Waals surface area contributed by atoms with Crippen LogP contribution in [0.3, 0.4) is 0 Å². The van der Waals surface area contributed by atoms with Crippen LogP contribution in [0.15, 0.2) is 48.6 Å². The van der Waals surface area contributed by atoms with E-state index in [1.54, 1.807) is 19.2 Å². The summed E-state index contributed by atoms with van der Waals surface area (Å²) in [7, 11) is 1.65. The molecule has 25 heavy (non-hydrogen) atoms. The number of anilines is 1. The zero-order chi connectivity index (χ0) is 17.6.